The standard InChI is InChI=1S/C21H35N5/c1-22-21(24-19-9-4-2-5-10-19)23-13-8-14-25-15-17-26(18-16-25)20-11-6-3-7-12-20/h3,6-7,11-12,19H,2,4-5,8-10,13-18H2,1H3,(H2,22,23,24). The molecule has 2 fully saturated rings. The van der Waals surface area contributed by atoms with Gasteiger partial charge in [0.1, 0.15) is 0 Å². The van der Waals surface area contributed by atoms with Gasteiger partial charge in [0.15, 0.2) is 5.96 Å². The fourth-order valence-corrected chi connectivity index (χ4v) is 4.01. The van der Waals surface area contributed by atoms with Crippen molar-refractivity contribution in [2.24, 2.45) is 4.99 Å². The molecule has 0 bridgehead atoms. The van der Waals surface area contributed by atoms with Crippen molar-refractivity contribution in [3.63, 3.8) is 0 Å². The summed E-state index contributed by atoms with van der Waals surface area (Å²) in [6.07, 6.45) is 7.82. The van der Waals surface area contributed by atoms with E-state index < -0.39 is 0 Å². The third kappa shape index (κ3) is 5.90. The number of nitrogens with one attached hydrogen (secondary N) is 2. The van der Waals surface area contributed by atoms with Gasteiger partial charge >= 0.3 is 0 Å². The molecule has 0 atom stereocenters. The number of para-hydroxylation sites is 1. The van der Waals surface area contributed by atoms with Crippen LogP contribution in [0.3, 0.4) is 0 Å². The van der Waals surface area contributed by atoms with Crippen LogP contribution in [0.5, 0.6) is 0 Å². The van der Waals surface area contributed by atoms with Crippen LogP contribution in [0.15, 0.2) is 35.3 Å². The monoisotopic (exact) mass is 357 g/mol. The van der Waals surface area contributed by atoms with Gasteiger partial charge in [-0.1, -0.05) is 37.5 Å². The predicted octanol–water partition coefficient (Wildman–Crippen LogP) is 2.70. The number of nitrogens with zero attached hydrogens (tertiary/aromatic N) is 3. The number of aliphatic imine (C=N–C) groups is 1. The minimum absolute atomic E-state index is 0.612. The molecule has 1 aliphatic heterocycles. The Morgan fingerprint density at radius 1 is 1.04 bits per heavy atom. The minimum atomic E-state index is 0.612. The molecule has 1 aromatic carbocycles. The van der Waals surface area contributed by atoms with Gasteiger partial charge in [0.05, 0.1) is 0 Å². The van der Waals surface area contributed by atoms with E-state index in [1.165, 1.54) is 37.8 Å². The molecular formula is C21H35N5. The average molecular weight is 358 g/mol. The second kappa shape index (κ2) is 10.4. The molecule has 0 radical (unpaired) electrons. The molecule has 1 saturated heterocycles. The fourth-order valence-electron chi connectivity index (χ4n) is 4.01. The number of hydrogen-bond donors (Lipinski definition) is 2. The van der Waals surface area contributed by atoms with Crippen molar-refractivity contribution >= 4 is 11.6 Å². The second-order valence-corrected chi connectivity index (χ2v) is 7.50. The first kappa shape index (κ1) is 19.0. The molecular weight excluding hydrogens is 322 g/mol. The molecule has 0 unspecified atom stereocenters. The molecule has 144 valence electrons. The van der Waals surface area contributed by atoms with Crippen LogP contribution in [-0.2, 0) is 0 Å². The van der Waals surface area contributed by atoms with Crippen LogP contribution in [0.2, 0.25) is 0 Å². The quantitative estimate of drug-likeness (QED) is 0.467. The summed E-state index contributed by atoms with van der Waals surface area (Å²) in [5.41, 5.74) is 1.35. The zero-order chi connectivity index (χ0) is 18.0. The molecule has 0 amide bonds. The lowest BCUT2D eigenvalue weighted by molar-refractivity contribution is 0.255. The number of guanidine groups is 1. The molecule has 0 spiro atoms. The Kier molecular flexibility index (Phi) is 7.62. The maximum atomic E-state index is 4.38. The Morgan fingerprint density at radius 2 is 1.77 bits per heavy atom. The summed E-state index contributed by atoms with van der Waals surface area (Å²) in [5.74, 6) is 0.978. The van der Waals surface area contributed by atoms with Crippen LogP contribution in [-0.4, -0.2) is 63.2 Å². The summed E-state index contributed by atoms with van der Waals surface area (Å²) in [6.45, 7) is 6.72. The van der Waals surface area contributed by atoms with E-state index in [-0.39, 0.29) is 0 Å². The maximum absolute atomic E-state index is 4.38. The number of rotatable bonds is 6. The van der Waals surface area contributed by atoms with Crippen molar-refractivity contribution in [2.45, 2.75) is 44.6 Å². The normalized spacial score (nSPS) is 20.2. The summed E-state index contributed by atoms with van der Waals surface area (Å²) in [7, 11) is 1.88. The largest absolute Gasteiger partial charge is 0.369 e. The molecule has 1 heterocycles. The van der Waals surface area contributed by atoms with Crippen molar-refractivity contribution in [2.75, 3.05) is 51.2 Å². The van der Waals surface area contributed by atoms with E-state index in [2.05, 4.69) is 55.8 Å². The van der Waals surface area contributed by atoms with E-state index >= 15 is 0 Å². The number of piperazine rings is 1. The summed E-state index contributed by atoms with van der Waals surface area (Å²) >= 11 is 0. The van der Waals surface area contributed by atoms with Crippen LogP contribution in [0.1, 0.15) is 38.5 Å². The number of hydrogen-bond acceptors (Lipinski definition) is 3. The minimum Gasteiger partial charge on any atom is -0.369 e. The Hall–Kier alpha value is -1.75. The lowest BCUT2D eigenvalue weighted by Gasteiger charge is -2.36. The van der Waals surface area contributed by atoms with Crippen LogP contribution >= 0.6 is 0 Å². The zero-order valence-electron chi connectivity index (χ0n) is 16.3. The summed E-state index contributed by atoms with van der Waals surface area (Å²) < 4.78 is 0. The van der Waals surface area contributed by atoms with Gasteiger partial charge in [0.2, 0.25) is 0 Å². The Morgan fingerprint density at radius 3 is 2.46 bits per heavy atom. The topological polar surface area (TPSA) is 42.9 Å². The molecule has 2 aliphatic rings. The van der Waals surface area contributed by atoms with Crippen LogP contribution in [0, 0.1) is 0 Å². The van der Waals surface area contributed by atoms with Gasteiger partial charge in [0, 0.05) is 51.5 Å². The zero-order valence-corrected chi connectivity index (χ0v) is 16.3. The highest BCUT2D eigenvalue weighted by molar-refractivity contribution is 5.79. The SMILES string of the molecule is CN=C(NCCCN1CCN(c2ccccc2)CC1)NC1CCCCC1. The van der Waals surface area contributed by atoms with Gasteiger partial charge in [-0.25, -0.2) is 0 Å². The summed E-state index contributed by atoms with van der Waals surface area (Å²) in [4.78, 5) is 9.46. The molecule has 26 heavy (non-hydrogen) atoms. The fraction of sp³-hybridized carbons (Fsp3) is 0.667. The third-order valence-corrected chi connectivity index (χ3v) is 5.61. The Bertz CT molecular complexity index is 531. The first-order chi connectivity index (χ1) is 12.8. The van der Waals surface area contributed by atoms with Gasteiger partial charge in [-0.05, 0) is 37.9 Å². The molecule has 0 aromatic heterocycles. The molecule has 3 rings (SSSR count). The maximum Gasteiger partial charge on any atom is 0.191 e. The first-order valence-corrected chi connectivity index (χ1v) is 10.3. The van der Waals surface area contributed by atoms with Crippen molar-refractivity contribution in [1.82, 2.24) is 15.5 Å². The molecule has 1 aromatic rings. The van der Waals surface area contributed by atoms with Crippen molar-refractivity contribution in [3.05, 3.63) is 30.3 Å². The van der Waals surface area contributed by atoms with Gasteiger partial charge < -0.3 is 15.5 Å². The molecule has 2 N–H and O–H groups in total. The molecule has 1 saturated carbocycles. The Balaban J connectivity index is 1.29. The lowest BCUT2D eigenvalue weighted by Crippen LogP contribution is -2.47. The first-order valence-electron chi connectivity index (χ1n) is 10.3. The number of anilines is 1. The molecule has 1 aliphatic carbocycles. The predicted molar refractivity (Wildman–Crippen MR) is 111 cm³/mol. The highest BCUT2D eigenvalue weighted by Crippen LogP contribution is 2.17. The summed E-state index contributed by atoms with van der Waals surface area (Å²) in [6, 6.07) is 11.4. The van der Waals surface area contributed by atoms with E-state index in [0.717, 1.165) is 51.6 Å². The third-order valence-electron chi connectivity index (χ3n) is 5.61. The highest BCUT2D eigenvalue weighted by Gasteiger charge is 2.17. The van der Waals surface area contributed by atoms with E-state index in [9.17, 15) is 0 Å². The van der Waals surface area contributed by atoms with Crippen molar-refractivity contribution in [3.8, 4) is 0 Å². The second-order valence-electron chi connectivity index (χ2n) is 7.50. The van der Waals surface area contributed by atoms with Gasteiger partial charge in [-0.2, -0.15) is 0 Å². The Labute approximate surface area is 158 Å². The van der Waals surface area contributed by atoms with E-state index in [4.69, 9.17) is 0 Å². The van der Waals surface area contributed by atoms with E-state index in [1.807, 2.05) is 7.05 Å². The molecule has 5 nitrogen and oxygen atoms in total. The lowest BCUT2D eigenvalue weighted by atomic mass is 9.96. The van der Waals surface area contributed by atoms with Crippen LogP contribution in [0.4, 0.5) is 5.69 Å². The van der Waals surface area contributed by atoms with E-state index in [0.29, 0.717) is 6.04 Å². The number of benzene rings is 1. The van der Waals surface area contributed by atoms with Gasteiger partial charge in [0.25, 0.3) is 0 Å². The highest BCUT2D eigenvalue weighted by atomic mass is 15.3. The van der Waals surface area contributed by atoms with Crippen molar-refractivity contribution < 1.29 is 0 Å². The average Bonchev–Trinajstić information content (AvgIpc) is 2.72. The van der Waals surface area contributed by atoms with Gasteiger partial charge in [-0.15, -0.1) is 0 Å². The van der Waals surface area contributed by atoms with Crippen LogP contribution in [0.25, 0.3) is 0 Å². The molecule has 5 heteroatoms. The van der Waals surface area contributed by atoms with Crippen molar-refractivity contribution in [1.29, 1.82) is 0 Å². The van der Waals surface area contributed by atoms with Crippen LogP contribution < -0.4 is 15.5 Å². The smallest absolute Gasteiger partial charge is 0.191 e. The summed E-state index contributed by atoms with van der Waals surface area (Å²) in [5, 5.41) is 7.08. The van der Waals surface area contributed by atoms with E-state index in [1.54, 1.807) is 0 Å². The van der Waals surface area contributed by atoms with Gasteiger partial charge in [-0.3, -0.25) is 9.89 Å².